The Labute approximate surface area is 89.3 Å². The smallest absolute Gasteiger partial charge is 0.192 e. The second-order valence-electron chi connectivity index (χ2n) is 3.09. The fraction of sp³-hybridized carbons (Fsp3) is 0.200. The van der Waals surface area contributed by atoms with Crippen LogP contribution in [0.3, 0.4) is 0 Å². The number of fused-ring (bicyclic) bond motifs is 1. The van der Waals surface area contributed by atoms with Crippen molar-refractivity contribution in [2.75, 3.05) is 0 Å². The second-order valence-corrected chi connectivity index (χ2v) is 3.94. The molecule has 0 N–H and O–H groups in total. The highest BCUT2D eigenvalue weighted by atomic mass is 79.9. The molecule has 0 radical (unpaired) electrons. The molecule has 72 valence electrons. The Kier molecular flexibility index (Phi) is 2.15. The van der Waals surface area contributed by atoms with E-state index in [2.05, 4.69) is 20.9 Å². The van der Waals surface area contributed by atoms with Crippen LogP contribution in [0.5, 0.6) is 0 Å². The Hall–Kier alpha value is -1.16. The summed E-state index contributed by atoms with van der Waals surface area (Å²) in [6.07, 6.45) is 0. The lowest BCUT2D eigenvalue weighted by atomic mass is 10.1. The normalized spacial score (nSPS) is 10.8. The van der Waals surface area contributed by atoms with E-state index in [4.69, 9.17) is 4.42 Å². The maximum absolute atomic E-state index is 11.2. The summed E-state index contributed by atoms with van der Waals surface area (Å²) in [7, 11) is 0. The van der Waals surface area contributed by atoms with Gasteiger partial charge in [0, 0.05) is 17.0 Å². The molecule has 14 heavy (non-hydrogen) atoms. The summed E-state index contributed by atoms with van der Waals surface area (Å²) in [6, 6.07) is 3.50. The number of nitrogens with zero attached hydrogens (tertiary/aromatic N) is 1. The number of aryl methyl sites for hydroxylation is 1. The number of carbonyl (C=O) groups is 1. The number of carbonyl (C=O) groups excluding carboxylic acids is 1. The topological polar surface area (TPSA) is 43.1 Å². The van der Waals surface area contributed by atoms with Crippen LogP contribution in [-0.2, 0) is 0 Å². The summed E-state index contributed by atoms with van der Waals surface area (Å²) in [5, 5.41) is 0. The van der Waals surface area contributed by atoms with Gasteiger partial charge in [0.15, 0.2) is 17.3 Å². The monoisotopic (exact) mass is 253 g/mol. The number of rotatable bonds is 1. The van der Waals surface area contributed by atoms with Crippen molar-refractivity contribution in [1.29, 1.82) is 0 Å². The maximum Gasteiger partial charge on any atom is 0.192 e. The van der Waals surface area contributed by atoms with Gasteiger partial charge in [0.1, 0.15) is 5.52 Å². The van der Waals surface area contributed by atoms with Crippen molar-refractivity contribution in [2.24, 2.45) is 0 Å². The number of ketones is 1. The molecule has 0 aliphatic carbocycles. The minimum Gasteiger partial charge on any atom is -0.441 e. The molecule has 1 aromatic carbocycles. The molecular weight excluding hydrogens is 246 g/mol. The van der Waals surface area contributed by atoms with Crippen molar-refractivity contribution >= 4 is 32.8 Å². The van der Waals surface area contributed by atoms with Crippen molar-refractivity contribution in [3.8, 4) is 0 Å². The summed E-state index contributed by atoms with van der Waals surface area (Å²) in [5.41, 5.74) is 2.04. The minimum atomic E-state index is 0.0134. The summed E-state index contributed by atoms with van der Waals surface area (Å²) < 4.78 is 6.08. The average molecular weight is 254 g/mol. The van der Waals surface area contributed by atoms with Gasteiger partial charge in [0.25, 0.3) is 0 Å². The van der Waals surface area contributed by atoms with Crippen molar-refractivity contribution in [3.05, 3.63) is 28.1 Å². The first kappa shape index (κ1) is 9.40. The largest absolute Gasteiger partial charge is 0.441 e. The third-order valence-electron chi connectivity index (χ3n) is 1.96. The maximum atomic E-state index is 11.2. The number of aromatic nitrogens is 1. The predicted molar refractivity (Wildman–Crippen MR) is 56.5 cm³/mol. The second kappa shape index (κ2) is 3.20. The van der Waals surface area contributed by atoms with E-state index in [1.807, 2.05) is 0 Å². The molecule has 0 atom stereocenters. The van der Waals surface area contributed by atoms with Gasteiger partial charge in [-0.05, 0) is 35.0 Å². The number of hydrogen-bond acceptors (Lipinski definition) is 3. The molecule has 0 bridgehead atoms. The van der Waals surface area contributed by atoms with Gasteiger partial charge in [0.2, 0.25) is 0 Å². The molecular formula is C10H8BrNO2. The van der Waals surface area contributed by atoms with Crippen molar-refractivity contribution < 1.29 is 9.21 Å². The fourth-order valence-corrected chi connectivity index (χ4v) is 1.94. The van der Waals surface area contributed by atoms with E-state index in [-0.39, 0.29) is 5.78 Å². The molecule has 3 nitrogen and oxygen atoms in total. The molecule has 1 aromatic heterocycles. The van der Waals surface area contributed by atoms with Gasteiger partial charge in [-0.15, -0.1) is 0 Å². The summed E-state index contributed by atoms with van der Waals surface area (Å²) in [6.45, 7) is 3.31. The highest BCUT2D eigenvalue weighted by Gasteiger charge is 2.10. The summed E-state index contributed by atoms with van der Waals surface area (Å²) >= 11 is 3.32. The lowest BCUT2D eigenvalue weighted by Gasteiger charge is -1.97. The lowest BCUT2D eigenvalue weighted by molar-refractivity contribution is 0.101. The molecule has 0 saturated heterocycles. The van der Waals surface area contributed by atoms with Crippen LogP contribution in [0.15, 0.2) is 21.0 Å². The highest BCUT2D eigenvalue weighted by Crippen LogP contribution is 2.25. The van der Waals surface area contributed by atoms with Gasteiger partial charge in [-0.1, -0.05) is 0 Å². The van der Waals surface area contributed by atoms with Gasteiger partial charge >= 0.3 is 0 Å². The van der Waals surface area contributed by atoms with Gasteiger partial charge in [-0.25, -0.2) is 4.98 Å². The zero-order valence-corrected chi connectivity index (χ0v) is 9.38. The van der Waals surface area contributed by atoms with Crippen LogP contribution in [0.4, 0.5) is 0 Å². The number of hydrogen-bond donors (Lipinski definition) is 0. The van der Waals surface area contributed by atoms with E-state index in [0.29, 0.717) is 17.0 Å². The van der Waals surface area contributed by atoms with E-state index in [0.717, 1.165) is 9.99 Å². The third kappa shape index (κ3) is 1.46. The minimum absolute atomic E-state index is 0.0134. The van der Waals surface area contributed by atoms with Crippen molar-refractivity contribution in [1.82, 2.24) is 4.98 Å². The van der Waals surface area contributed by atoms with Gasteiger partial charge < -0.3 is 4.42 Å². The molecule has 0 aliphatic rings. The molecule has 0 unspecified atom stereocenters. The molecule has 0 saturated carbocycles. The van der Waals surface area contributed by atoms with Gasteiger partial charge in [-0.3, -0.25) is 4.79 Å². The first-order chi connectivity index (χ1) is 6.58. The number of Topliss-reactive ketones (excluding diaryl/α,β-unsaturated/α-hetero) is 1. The molecule has 1 heterocycles. The molecule has 2 rings (SSSR count). The summed E-state index contributed by atoms with van der Waals surface area (Å²) in [5.74, 6) is 0.618. The zero-order valence-electron chi connectivity index (χ0n) is 7.80. The van der Waals surface area contributed by atoms with E-state index < -0.39 is 0 Å². The zero-order chi connectivity index (χ0) is 10.3. The quantitative estimate of drug-likeness (QED) is 0.734. The van der Waals surface area contributed by atoms with E-state index >= 15 is 0 Å². The van der Waals surface area contributed by atoms with Crippen LogP contribution in [0, 0.1) is 6.92 Å². The first-order valence-corrected chi connectivity index (χ1v) is 4.95. The number of oxazole rings is 1. The predicted octanol–water partition coefficient (Wildman–Crippen LogP) is 3.10. The number of benzene rings is 1. The Bertz CT molecular complexity index is 516. The molecule has 0 amide bonds. The Balaban J connectivity index is 2.76. The Morgan fingerprint density at radius 2 is 2.21 bits per heavy atom. The van der Waals surface area contributed by atoms with E-state index in [1.165, 1.54) is 6.92 Å². The standard InChI is InChI=1S/C10H8BrNO2/c1-5(13)7-3-9-10(4-8(7)11)14-6(2)12-9/h3-4H,1-2H3. The Morgan fingerprint density at radius 3 is 2.86 bits per heavy atom. The SMILES string of the molecule is CC(=O)c1cc2nc(C)oc2cc1Br. The molecule has 4 heteroatoms. The lowest BCUT2D eigenvalue weighted by Crippen LogP contribution is -1.93. The van der Waals surface area contributed by atoms with Crippen molar-refractivity contribution in [2.45, 2.75) is 13.8 Å². The fourth-order valence-electron chi connectivity index (χ4n) is 1.33. The highest BCUT2D eigenvalue weighted by molar-refractivity contribution is 9.10. The van der Waals surface area contributed by atoms with Crippen LogP contribution in [0.2, 0.25) is 0 Å². The number of halogens is 1. The van der Waals surface area contributed by atoms with E-state index in [1.54, 1.807) is 19.1 Å². The van der Waals surface area contributed by atoms with Gasteiger partial charge in [-0.2, -0.15) is 0 Å². The molecule has 2 aromatic rings. The average Bonchev–Trinajstić information content (AvgIpc) is 2.42. The molecule has 0 aliphatic heterocycles. The van der Waals surface area contributed by atoms with Crippen molar-refractivity contribution in [3.63, 3.8) is 0 Å². The molecule has 0 fully saturated rings. The van der Waals surface area contributed by atoms with E-state index in [9.17, 15) is 4.79 Å². The van der Waals surface area contributed by atoms with Crippen LogP contribution in [0.1, 0.15) is 23.2 Å². The van der Waals surface area contributed by atoms with Crippen LogP contribution < -0.4 is 0 Å². The van der Waals surface area contributed by atoms with Crippen LogP contribution in [-0.4, -0.2) is 10.8 Å². The third-order valence-corrected chi connectivity index (χ3v) is 2.62. The Morgan fingerprint density at radius 1 is 1.50 bits per heavy atom. The van der Waals surface area contributed by atoms with Crippen LogP contribution >= 0.6 is 15.9 Å². The van der Waals surface area contributed by atoms with Gasteiger partial charge in [0.05, 0.1) is 0 Å². The molecule has 0 spiro atoms. The van der Waals surface area contributed by atoms with Crippen LogP contribution in [0.25, 0.3) is 11.1 Å². The summed E-state index contributed by atoms with van der Waals surface area (Å²) in [4.78, 5) is 15.4. The first-order valence-electron chi connectivity index (χ1n) is 4.15.